The summed E-state index contributed by atoms with van der Waals surface area (Å²) in [5, 5.41) is 11.2. The molecule has 3 aromatic rings. The van der Waals surface area contributed by atoms with Crippen molar-refractivity contribution in [3.63, 3.8) is 0 Å². The molecule has 1 aromatic carbocycles. The molecule has 0 unspecified atom stereocenters. The third kappa shape index (κ3) is 7.55. The molecule has 15 heteroatoms. The molecule has 0 spiro atoms. The van der Waals surface area contributed by atoms with Crippen molar-refractivity contribution < 1.29 is 23.5 Å². The number of nitrogens with one attached hydrogen (secondary N) is 2. The van der Waals surface area contributed by atoms with Crippen LogP contribution in [0, 0.1) is 12.7 Å². The Morgan fingerprint density at radius 2 is 1.86 bits per heavy atom. The molecule has 0 saturated carbocycles. The van der Waals surface area contributed by atoms with Gasteiger partial charge in [-0.05, 0) is 38.1 Å². The molecule has 5 rings (SSSR count). The van der Waals surface area contributed by atoms with Gasteiger partial charge in [0.05, 0.1) is 12.2 Å². The molecule has 236 valence electrons. The highest BCUT2D eigenvalue weighted by atomic mass is 35.5. The molecule has 13 nitrogen and oxygen atoms in total. The van der Waals surface area contributed by atoms with E-state index >= 15 is 0 Å². The number of likely N-dealkylation sites (N-methyl/N-ethyl adjacent to an activating group) is 1. The fourth-order valence-electron chi connectivity index (χ4n) is 5.22. The first-order valence-electron chi connectivity index (χ1n) is 14.6. The Kier molecular flexibility index (Phi) is 10.1. The number of carbonyl (C=O) groups excluding carboxylic acids is 2. The van der Waals surface area contributed by atoms with Gasteiger partial charge in [-0.25, -0.2) is 9.18 Å². The van der Waals surface area contributed by atoms with Crippen LogP contribution in [0.4, 0.5) is 32.6 Å². The van der Waals surface area contributed by atoms with Crippen LogP contribution < -0.4 is 15.5 Å². The zero-order chi connectivity index (χ0) is 31.2. The fourth-order valence-corrected chi connectivity index (χ4v) is 5.38. The minimum atomic E-state index is -0.644. The average Bonchev–Trinajstić information content (AvgIpc) is 3.63. The summed E-state index contributed by atoms with van der Waals surface area (Å²) in [5.74, 6) is 0.998. The number of methoxy groups -OCH3 is 1. The van der Waals surface area contributed by atoms with E-state index in [1.807, 2.05) is 6.07 Å². The third-order valence-electron chi connectivity index (χ3n) is 7.66. The van der Waals surface area contributed by atoms with Crippen LogP contribution in [0.25, 0.3) is 0 Å². The second-order valence-corrected chi connectivity index (χ2v) is 11.1. The van der Waals surface area contributed by atoms with Gasteiger partial charge in [-0.1, -0.05) is 18.5 Å². The molecule has 1 atom stereocenters. The fraction of sp³-hybridized carbons (Fsp3) is 0.483. The molecule has 2 aliphatic heterocycles. The van der Waals surface area contributed by atoms with Crippen LogP contribution in [-0.2, 0) is 9.47 Å². The Balaban J connectivity index is 1.32. The number of aromatic nitrogens is 4. The maximum atomic E-state index is 14.4. The van der Waals surface area contributed by atoms with Crippen LogP contribution in [0.15, 0.2) is 30.3 Å². The monoisotopic (exact) mass is 629 g/mol. The number of hydrogen-bond acceptors (Lipinski definition) is 11. The zero-order valence-electron chi connectivity index (χ0n) is 25.1. The van der Waals surface area contributed by atoms with E-state index in [0.717, 1.165) is 44.6 Å². The largest absolute Gasteiger partial charge is 0.445 e. The number of aryl methyl sites for hydroxylation is 1. The van der Waals surface area contributed by atoms with E-state index in [2.05, 4.69) is 37.4 Å². The minimum Gasteiger partial charge on any atom is -0.445 e. The SMILES string of the molecule is CCN1CCN(c2cc(Nc3cc(C)n(C(=O)OCCOC)n3)nc(N[C@H]3CCN(C(=O)c4ccc(Cl)cc4F)C3)n2)CC1. The summed E-state index contributed by atoms with van der Waals surface area (Å²) in [4.78, 5) is 41.2. The van der Waals surface area contributed by atoms with Crippen molar-refractivity contribution >= 4 is 47.0 Å². The van der Waals surface area contributed by atoms with Crippen LogP contribution in [0.3, 0.4) is 0 Å². The van der Waals surface area contributed by atoms with Crippen LogP contribution >= 0.6 is 11.6 Å². The third-order valence-corrected chi connectivity index (χ3v) is 7.89. The molecule has 44 heavy (non-hydrogen) atoms. The van der Waals surface area contributed by atoms with Gasteiger partial charge in [-0.3, -0.25) is 4.79 Å². The number of carbonyl (C=O) groups is 2. The molecule has 2 saturated heterocycles. The second kappa shape index (κ2) is 14.2. The Morgan fingerprint density at radius 1 is 1.07 bits per heavy atom. The highest BCUT2D eigenvalue weighted by Gasteiger charge is 2.29. The van der Waals surface area contributed by atoms with E-state index < -0.39 is 11.9 Å². The number of likely N-dealkylation sites (tertiary alicyclic amines) is 1. The van der Waals surface area contributed by atoms with Gasteiger partial charge in [-0.2, -0.15) is 14.6 Å². The number of nitrogens with zero attached hydrogens (tertiary/aromatic N) is 7. The highest BCUT2D eigenvalue weighted by molar-refractivity contribution is 6.30. The van der Waals surface area contributed by atoms with E-state index in [-0.39, 0.29) is 35.7 Å². The van der Waals surface area contributed by atoms with Crippen molar-refractivity contribution in [2.75, 3.05) is 81.7 Å². The summed E-state index contributed by atoms with van der Waals surface area (Å²) >= 11 is 5.86. The quantitative estimate of drug-likeness (QED) is 0.319. The number of amides is 1. The topological polar surface area (TPSA) is 130 Å². The number of halogens is 2. The first-order chi connectivity index (χ1) is 21.2. The number of hydrogen-bond donors (Lipinski definition) is 2. The Morgan fingerprint density at radius 3 is 2.59 bits per heavy atom. The molecule has 0 radical (unpaired) electrons. The van der Waals surface area contributed by atoms with Gasteiger partial charge >= 0.3 is 6.09 Å². The number of anilines is 4. The summed E-state index contributed by atoms with van der Waals surface area (Å²) in [6.45, 7) is 9.57. The normalized spacial score (nSPS) is 17.2. The van der Waals surface area contributed by atoms with Gasteiger partial charge in [-0.15, -0.1) is 5.10 Å². The summed E-state index contributed by atoms with van der Waals surface area (Å²) in [7, 11) is 1.53. The first-order valence-corrected chi connectivity index (χ1v) is 15.0. The molecule has 0 aliphatic carbocycles. The van der Waals surface area contributed by atoms with Crippen LogP contribution in [-0.4, -0.2) is 114 Å². The van der Waals surface area contributed by atoms with Crippen molar-refractivity contribution in [1.29, 1.82) is 0 Å². The molecule has 2 fully saturated rings. The lowest BCUT2D eigenvalue weighted by atomic mass is 10.2. The lowest BCUT2D eigenvalue weighted by Gasteiger charge is -2.35. The molecule has 2 N–H and O–H groups in total. The van der Waals surface area contributed by atoms with E-state index in [9.17, 15) is 14.0 Å². The Labute approximate surface area is 260 Å². The number of piperazine rings is 1. The number of ether oxygens (including phenoxy) is 2. The highest BCUT2D eigenvalue weighted by Crippen LogP contribution is 2.25. The van der Waals surface area contributed by atoms with Crippen LogP contribution in [0.1, 0.15) is 29.4 Å². The predicted molar refractivity (Wildman–Crippen MR) is 165 cm³/mol. The van der Waals surface area contributed by atoms with E-state index in [1.54, 1.807) is 17.9 Å². The molecular formula is C29H37ClFN9O4. The van der Waals surface area contributed by atoms with Gasteiger partial charge in [0, 0.05) is 75.3 Å². The molecule has 2 aliphatic rings. The van der Waals surface area contributed by atoms with Gasteiger partial charge in [0.25, 0.3) is 5.91 Å². The smallest absolute Gasteiger partial charge is 0.435 e. The zero-order valence-corrected chi connectivity index (χ0v) is 25.8. The van der Waals surface area contributed by atoms with Gasteiger partial charge < -0.3 is 34.8 Å². The molecule has 4 heterocycles. The second-order valence-electron chi connectivity index (χ2n) is 10.7. The van der Waals surface area contributed by atoms with Crippen LogP contribution in [0.2, 0.25) is 5.02 Å². The van der Waals surface area contributed by atoms with Crippen molar-refractivity contribution in [3.8, 4) is 0 Å². The van der Waals surface area contributed by atoms with Crippen molar-refractivity contribution in [3.05, 3.63) is 52.4 Å². The summed E-state index contributed by atoms with van der Waals surface area (Å²) in [6.07, 6.45) is 0.0345. The predicted octanol–water partition coefficient (Wildman–Crippen LogP) is 3.62. The van der Waals surface area contributed by atoms with E-state index in [1.165, 1.54) is 23.9 Å². The number of rotatable bonds is 10. The first kappa shape index (κ1) is 31.4. The molecule has 2 aromatic heterocycles. The standard InChI is InChI=1S/C29H37ClFN9O4/c1-4-37-9-11-38(12-10-37)26-17-24(33-25-15-19(2)40(36-25)29(42)44-14-13-43-3)34-28(35-26)32-21-7-8-39(18-21)27(41)22-6-5-20(30)16-23(22)31/h5-6,15-17,21H,4,7-14,18H2,1-3H3,(H2,32,33,34,35,36)/t21-/m0/s1. The Hall–Kier alpha value is -4.01. The summed E-state index contributed by atoms with van der Waals surface area (Å²) in [5.41, 5.74) is 0.578. The molecule has 0 bridgehead atoms. The van der Waals surface area contributed by atoms with Crippen LogP contribution in [0.5, 0.6) is 0 Å². The average molecular weight is 630 g/mol. The lowest BCUT2D eigenvalue weighted by molar-refractivity contribution is 0.0787. The molecular weight excluding hydrogens is 593 g/mol. The van der Waals surface area contributed by atoms with Crippen molar-refractivity contribution in [1.82, 2.24) is 29.5 Å². The Bertz CT molecular complexity index is 1480. The summed E-state index contributed by atoms with van der Waals surface area (Å²) < 4.78 is 25.7. The van der Waals surface area contributed by atoms with Gasteiger partial charge in [0.1, 0.15) is 24.1 Å². The van der Waals surface area contributed by atoms with Crippen molar-refractivity contribution in [2.24, 2.45) is 0 Å². The van der Waals surface area contributed by atoms with E-state index in [0.29, 0.717) is 42.8 Å². The van der Waals surface area contributed by atoms with Crippen molar-refractivity contribution in [2.45, 2.75) is 26.3 Å². The molecule has 1 amide bonds. The summed E-state index contributed by atoms with van der Waals surface area (Å²) in [6, 6.07) is 7.49. The van der Waals surface area contributed by atoms with Gasteiger partial charge in [0.2, 0.25) is 5.95 Å². The van der Waals surface area contributed by atoms with E-state index in [4.69, 9.17) is 26.1 Å². The maximum absolute atomic E-state index is 14.4. The minimum absolute atomic E-state index is 0.0108. The lowest BCUT2D eigenvalue weighted by Crippen LogP contribution is -2.46. The number of benzene rings is 1. The van der Waals surface area contributed by atoms with Gasteiger partial charge in [0.15, 0.2) is 5.82 Å². The maximum Gasteiger partial charge on any atom is 0.435 e.